The smallest absolute Gasteiger partial charge is 0.322 e. The van der Waals surface area contributed by atoms with E-state index in [4.69, 9.17) is 4.74 Å². The Hall–Kier alpha value is -1.56. The lowest BCUT2D eigenvalue weighted by Gasteiger charge is -2.18. The molecule has 0 bridgehead atoms. The van der Waals surface area contributed by atoms with E-state index >= 15 is 0 Å². The summed E-state index contributed by atoms with van der Waals surface area (Å²) in [5.74, 6) is 0.234. The van der Waals surface area contributed by atoms with Crippen molar-refractivity contribution in [2.45, 2.75) is 17.7 Å². The number of esters is 1. The number of hydrogen-bond acceptors (Lipinski definition) is 4. The summed E-state index contributed by atoms with van der Waals surface area (Å²) >= 11 is 3.18. The number of alkyl halides is 1. The summed E-state index contributed by atoms with van der Waals surface area (Å²) in [6, 6.07) is 5.52. The number of ether oxygens (including phenoxy) is 2. The molecule has 19 heavy (non-hydrogen) atoms. The van der Waals surface area contributed by atoms with Gasteiger partial charge in [0, 0.05) is 18.2 Å². The minimum atomic E-state index is -0.511. The first-order chi connectivity index (χ1) is 9.10. The lowest BCUT2D eigenvalue weighted by atomic mass is 10.0. The SMILES string of the molecule is COC(=O)C(Br)COc1ccc2c(c1)NC(=O)CC2. The van der Waals surface area contributed by atoms with Gasteiger partial charge in [-0.05, 0) is 18.1 Å². The highest BCUT2D eigenvalue weighted by Crippen LogP contribution is 2.27. The van der Waals surface area contributed by atoms with Crippen molar-refractivity contribution in [3.05, 3.63) is 23.8 Å². The van der Waals surface area contributed by atoms with Gasteiger partial charge in [0.05, 0.1) is 7.11 Å². The van der Waals surface area contributed by atoms with Crippen molar-refractivity contribution in [3.8, 4) is 5.75 Å². The lowest BCUT2D eigenvalue weighted by molar-refractivity contribution is -0.140. The van der Waals surface area contributed by atoms with Gasteiger partial charge in [0.25, 0.3) is 0 Å². The molecule has 1 N–H and O–H groups in total. The molecule has 0 aromatic heterocycles. The average Bonchev–Trinajstić information content (AvgIpc) is 2.43. The Balaban J connectivity index is 2.00. The molecule has 1 unspecified atom stereocenters. The quantitative estimate of drug-likeness (QED) is 0.677. The number of benzene rings is 1. The molecule has 0 radical (unpaired) electrons. The molecular weight excluding hydrogens is 314 g/mol. The minimum Gasteiger partial charge on any atom is -0.492 e. The first kappa shape index (κ1) is 13.9. The maximum Gasteiger partial charge on any atom is 0.322 e. The second-order valence-electron chi connectivity index (χ2n) is 4.17. The summed E-state index contributed by atoms with van der Waals surface area (Å²) < 4.78 is 10.1. The van der Waals surface area contributed by atoms with Crippen LogP contribution in [-0.2, 0) is 20.7 Å². The molecule has 1 aliphatic heterocycles. The van der Waals surface area contributed by atoms with Crippen molar-refractivity contribution >= 4 is 33.5 Å². The van der Waals surface area contributed by atoms with E-state index < -0.39 is 4.83 Å². The maximum absolute atomic E-state index is 11.3. The Bertz CT molecular complexity index is 503. The van der Waals surface area contributed by atoms with Gasteiger partial charge >= 0.3 is 5.97 Å². The van der Waals surface area contributed by atoms with Crippen LogP contribution in [0.3, 0.4) is 0 Å². The van der Waals surface area contributed by atoms with Crippen LogP contribution in [0.2, 0.25) is 0 Å². The zero-order chi connectivity index (χ0) is 13.8. The predicted octanol–water partition coefficient (Wildman–Crippen LogP) is 1.89. The summed E-state index contributed by atoms with van der Waals surface area (Å²) in [7, 11) is 1.32. The van der Waals surface area contributed by atoms with Gasteiger partial charge < -0.3 is 14.8 Å². The standard InChI is InChI=1S/C13H14BrNO4/c1-18-13(17)10(14)7-19-9-4-2-8-3-5-12(16)15-11(8)6-9/h2,4,6,10H,3,5,7H2,1H3,(H,15,16). The molecule has 1 atom stereocenters. The van der Waals surface area contributed by atoms with Gasteiger partial charge in [0.1, 0.15) is 17.2 Å². The van der Waals surface area contributed by atoms with Gasteiger partial charge in [-0.15, -0.1) is 0 Å². The first-order valence-electron chi connectivity index (χ1n) is 5.87. The average molecular weight is 328 g/mol. The summed E-state index contributed by atoms with van der Waals surface area (Å²) in [5.41, 5.74) is 1.87. The van der Waals surface area contributed by atoms with Crippen LogP contribution in [0.5, 0.6) is 5.75 Å². The minimum absolute atomic E-state index is 0.0116. The molecule has 1 aromatic rings. The number of halogens is 1. The largest absolute Gasteiger partial charge is 0.492 e. The van der Waals surface area contributed by atoms with Crippen LogP contribution in [0.4, 0.5) is 5.69 Å². The third-order valence-corrected chi connectivity index (χ3v) is 3.47. The normalized spacial score (nSPS) is 15.2. The molecule has 2 rings (SSSR count). The lowest BCUT2D eigenvalue weighted by Crippen LogP contribution is -2.23. The monoisotopic (exact) mass is 327 g/mol. The van der Waals surface area contributed by atoms with Gasteiger partial charge in [0.2, 0.25) is 5.91 Å². The summed E-state index contributed by atoms with van der Waals surface area (Å²) in [6.45, 7) is 0.166. The highest BCUT2D eigenvalue weighted by atomic mass is 79.9. The topological polar surface area (TPSA) is 64.6 Å². The molecule has 0 fully saturated rings. The Morgan fingerprint density at radius 2 is 2.26 bits per heavy atom. The fraction of sp³-hybridized carbons (Fsp3) is 0.385. The number of nitrogens with one attached hydrogen (secondary N) is 1. The molecule has 1 aliphatic rings. The fourth-order valence-corrected chi connectivity index (χ4v) is 2.13. The van der Waals surface area contributed by atoms with Crippen molar-refractivity contribution in [1.82, 2.24) is 0 Å². The highest BCUT2D eigenvalue weighted by molar-refractivity contribution is 9.10. The number of methoxy groups -OCH3 is 1. The molecule has 0 saturated carbocycles. The zero-order valence-corrected chi connectivity index (χ0v) is 12.0. The number of carbonyl (C=O) groups excluding carboxylic acids is 2. The molecule has 1 heterocycles. The van der Waals surface area contributed by atoms with E-state index in [0.717, 1.165) is 17.7 Å². The van der Waals surface area contributed by atoms with Crippen LogP contribution in [0, 0.1) is 0 Å². The number of aryl methyl sites for hydroxylation is 1. The van der Waals surface area contributed by atoms with Crippen LogP contribution >= 0.6 is 15.9 Å². The molecule has 0 aliphatic carbocycles. The fourth-order valence-electron chi connectivity index (χ4n) is 1.81. The zero-order valence-electron chi connectivity index (χ0n) is 10.4. The van der Waals surface area contributed by atoms with Gasteiger partial charge in [0.15, 0.2) is 0 Å². The van der Waals surface area contributed by atoms with Crippen LogP contribution in [0.25, 0.3) is 0 Å². The van der Waals surface area contributed by atoms with E-state index in [1.54, 1.807) is 6.07 Å². The van der Waals surface area contributed by atoms with Crippen molar-refractivity contribution in [1.29, 1.82) is 0 Å². The number of fused-ring (bicyclic) bond motifs is 1. The number of amides is 1. The van der Waals surface area contributed by atoms with E-state index in [9.17, 15) is 9.59 Å². The van der Waals surface area contributed by atoms with E-state index in [2.05, 4.69) is 26.0 Å². The molecule has 0 spiro atoms. The van der Waals surface area contributed by atoms with E-state index in [1.807, 2.05) is 12.1 Å². The van der Waals surface area contributed by atoms with Crippen molar-refractivity contribution in [2.24, 2.45) is 0 Å². The molecule has 6 heteroatoms. The summed E-state index contributed by atoms with van der Waals surface area (Å²) in [4.78, 5) is 22.0. The van der Waals surface area contributed by atoms with E-state index in [1.165, 1.54) is 7.11 Å². The number of rotatable bonds is 4. The van der Waals surface area contributed by atoms with Gasteiger partial charge in [-0.3, -0.25) is 9.59 Å². The van der Waals surface area contributed by atoms with Crippen LogP contribution in [0.15, 0.2) is 18.2 Å². The third-order valence-electron chi connectivity index (χ3n) is 2.83. The van der Waals surface area contributed by atoms with Gasteiger partial charge in [-0.2, -0.15) is 0 Å². The van der Waals surface area contributed by atoms with Crippen molar-refractivity contribution < 1.29 is 19.1 Å². The summed E-state index contributed by atoms with van der Waals surface area (Å²) in [5, 5.41) is 2.80. The molecular formula is C13H14BrNO4. The Morgan fingerprint density at radius 1 is 1.47 bits per heavy atom. The second kappa shape index (κ2) is 6.06. The molecule has 1 aromatic carbocycles. The molecule has 1 amide bonds. The number of carbonyl (C=O) groups is 2. The molecule has 0 saturated heterocycles. The Kier molecular flexibility index (Phi) is 4.42. The van der Waals surface area contributed by atoms with E-state index in [0.29, 0.717) is 12.2 Å². The first-order valence-corrected chi connectivity index (χ1v) is 6.79. The van der Waals surface area contributed by atoms with Crippen LogP contribution < -0.4 is 10.1 Å². The van der Waals surface area contributed by atoms with Crippen molar-refractivity contribution in [2.75, 3.05) is 19.0 Å². The number of anilines is 1. The van der Waals surface area contributed by atoms with Gasteiger partial charge in [-0.25, -0.2) is 0 Å². The molecule has 102 valence electrons. The maximum atomic E-state index is 11.3. The van der Waals surface area contributed by atoms with Crippen LogP contribution in [-0.4, -0.2) is 30.4 Å². The summed E-state index contributed by atoms with van der Waals surface area (Å²) in [6.07, 6.45) is 1.25. The Labute approximate surface area is 119 Å². The third kappa shape index (κ3) is 3.47. The van der Waals surface area contributed by atoms with Crippen LogP contribution in [0.1, 0.15) is 12.0 Å². The van der Waals surface area contributed by atoms with Crippen molar-refractivity contribution in [3.63, 3.8) is 0 Å². The molecule has 5 nitrogen and oxygen atoms in total. The van der Waals surface area contributed by atoms with E-state index in [-0.39, 0.29) is 18.5 Å². The highest BCUT2D eigenvalue weighted by Gasteiger charge is 2.18. The number of hydrogen-bond donors (Lipinski definition) is 1. The second-order valence-corrected chi connectivity index (χ2v) is 5.27. The Morgan fingerprint density at radius 3 is 3.00 bits per heavy atom. The predicted molar refractivity (Wildman–Crippen MR) is 73.6 cm³/mol. The van der Waals surface area contributed by atoms with Gasteiger partial charge in [-0.1, -0.05) is 22.0 Å².